The van der Waals surface area contributed by atoms with Gasteiger partial charge in [-0.25, -0.2) is 0 Å². The zero-order valence-electron chi connectivity index (χ0n) is 15.8. The Morgan fingerprint density at radius 2 is 1.76 bits per heavy atom. The van der Waals surface area contributed by atoms with Gasteiger partial charge in [-0.05, 0) is 25.0 Å². The maximum atomic E-state index is 12.4. The molecular formula is C21H22ClN3O4. The number of rotatable bonds is 6. The third-order valence-electron chi connectivity index (χ3n) is 4.63. The monoisotopic (exact) mass is 415 g/mol. The highest BCUT2D eigenvalue weighted by molar-refractivity contribution is 6.33. The van der Waals surface area contributed by atoms with E-state index in [1.807, 2.05) is 0 Å². The van der Waals surface area contributed by atoms with Crippen LogP contribution < -0.4 is 25.4 Å². The highest BCUT2D eigenvalue weighted by atomic mass is 35.5. The molecule has 8 heteroatoms. The molecule has 0 radical (unpaired) electrons. The zero-order valence-corrected chi connectivity index (χ0v) is 16.6. The van der Waals surface area contributed by atoms with E-state index in [1.54, 1.807) is 36.4 Å². The van der Waals surface area contributed by atoms with Gasteiger partial charge in [0.25, 0.3) is 5.91 Å². The Bertz CT molecular complexity index is 930. The van der Waals surface area contributed by atoms with Crippen LogP contribution in [0.4, 0.5) is 11.4 Å². The number of nitrogens with one attached hydrogen (secondary N) is 3. The standard InChI is InChI=1S/C21H22ClN3O4/c22-15-10-18-19(29-9-3-8-28-18)11-17(15)23-12-20(26)25-16-5-2-1-4-14(16)21(27)24-13-6-7-13/h1-2,4-5,10-11,13,23H,3,6-9,12H2,(H,24,27)(H,25,26). The van der Waals surface area contributed by atoms with Crippen molar-refractivity contribution in [1.82, 2.24) is 5.32 Å². The Hall–Kier alpha value is -2.93. The summed E-state index contributed by atoms with van der Waals surface area (Å²) < 4.78 is 11.3. The number of anilines is 2. The van der Waals surface area contributed by atoms with Gasteiger partial charge in [-0.1, -0.05) is 23.7 Å². The van der Waals surface area contributed by atoms with Crippen molar-refractivity contribution in [3.63, 3.8) is 0 Å². The maximum Gasteiger partial charge on any atom is 0.253 e. The molecule has 1 aliphatic carbocycles. The van der Waals surface area contributed by atoms with Crippen molar-refractivity contribution in [1.29, 1.82) is 0 Å². The van der Waals surface area contributed by atoms with E-state index in [0.29, 0.717) is 46.7 Å². The van der Waals surface area contributed by atoms with Crippen LogP contribution in [0.2, 0.25) is 5.02 Å². The minimum atomic E-state index is -0.292. The molecule has 0 saturated heterocycles. The van der Waals surface area contributed by atoms with Gasteiger partial charge < -0.3 is 25.4 Å². The predicted octanol–water partition coefficient (Wildman–Crippen LogP) is 3.44. The molecule has 2 aliphatic rings. The summed E-state index contributed by atoms with van der Waals surface area (Å²) in [6.07, 6.45) is 2.80. The number of carbonyl (C=O) groups is 2. The summed E-state index contributed by atoms with van der Waals surface area (Å²) in [6, 6.07) is 10.6. The second-order valence-corrected chi connectivity index (χ2v) is 7.43. The van der Waals surface area contributed by atoms with Gasteiger partial charge in [0.15, 0.2) is 11.5 Å². The summed E-state index contributed by atoms with van der Waals surface area (Å²) in [5, 5.41) is 9.17. The highest BCUT2D eigenvalue weighted by Crippen LogP contribution is 2.37. The van der Waals surface area contributed by atoms with Gasteiger partial charge in [0.05, 0.1) is 41.7 Å². The largest absolute Gasteiger partial charge is 0.490 e. The van der Waals surface area contributed by atoms with E-state index < -0.39 is 0 Å². The zero-order chi connectivity index (χ0) is 20.2. The lowest BCUT2D eigenvalue weighted by molar-refractivity contribution is -0.114. The van der Waals surface area contributed by atoms with Crippen LogP contribution in [0.15, 0.2) is 36.4 Å². The van der Waals surface area contributed by atoms with E-state index in [9.17, 15) is 9.59 Å². The molecule has 2 aromatic carbocycles. The second-order valence-electron chi connectivity index (χ2n) is 7.02. The molecular weight excluding hydrogens is 394 g/mol. The molecule has 7 nitrogen and oxygen atoms in total. The van der Waals surface area contributed by atoms with Crippen LogP contribution in [-0.4, -0.2) is 37.6 Å². The van der Waals surface area contributed by atoms with Gasteiger partial charge in [-0.2, -0.15) is 0 Å². The lowest BCUT2D eigenvalue weighted by atomic mass is 10.1. The van der Waals surface area contributed by atoms with Gasteiger partial charge in [0.2, 0.25) is 5.91 Å². The van der Waals surface area contributed by atoms with Crippen molar-refractivity contribution in [2.75, 3.05) is 30.4 Å². The number of hydrogen-bond donors (Lipinski definition) is 3. The minimum Gasteiger partial charge on any atom is -0.490 e. The molecule has 1 fully saturated rings. The molecule has 29 heavy (non-hydrogen) atoms. The lowest BCUT2D eigenvalue weighted by Gasteiger charge is -2.14. The third-order valence-corrected chi connectivity index (χ3v) is 4.95. The molecule has 3 N–H and O–H groups in total. The molecule has 1 heterocycles. The molecule has 0 bridgehead atoms. The smallest absolute Gasteiger partial charge is 0.253 e. The molecule has 1 aliphatic heterocycles. The van der Waals surface area contributed by atoms with Gasteiger partial charge in [-0.3, -0.25) is 9.59 Å². The van der Waals surface area contributed by atoms with E-state index >= 15 is 0 Å². The number of para-hydroxylation sites is 1. The summed E-state index contributed by atoms with van der Waals surface area (Å²) in [5.74, 6) is 0.720. The summed E-state index contributed by atoms with van der Waals surface area (Å²) in [7, 11) is 0. The molecule has 0 unspecified atom stereocenters. The number of ether oxygens (including phenoxy) is 2. The molecule has 2 aromatic rings. The summed E-state index contributed by atoms with van der Waals surface area (Å²) >= 11 is 6.30. The molecule has 0 spiro atoms. The van der Waals surface area contributed by atoms with Crippen molar-refractivity contribution >= 4 is 34.8 Å². The van der Waals surface area contributed by atoms with Crippen LogP contribution in [0.1, 0.15) is 29.6 Å². The molecule has 0 aromatic heterocycles. The first-order chi connectivity index (χ1) is 14.1. The van der Waals surface area contributed by atoms with Gasteiger partial charge >= 0.3 is 0 Å². The first-order valence-corrected chi connectivity index (χ1v) is 10.0. The van der Waals surface area contributed by atoms with Crippen LogP contribution in [0.25, 0.3) is 0 Å². The number of benzene rings is 2. The Morgan fingerprint density at radius 1 is 1.03 bits per heavy atom. The van der Waals surface area contributed by atoms with Crippen molar-refractivity contribution in [3.05, 3.63) is 47.0 Å². The summed E-state index contributed by atoms with van der Waals surface area (Å²) in [6.45, 7) is 1.12. The quantitative estimate of drug-likeness (QED) is 0.672. The van der Waals surface area contributed by atoms with Crippen LogP contribution in [0.5, 0.6) is 11.5 Å². The van der Waals surface area contributed by atoms with E-state index in [1.165, 1.54) is 0 Å². The predicted molar refractivity (Wildman–Crippen MR) is 111 cm³/mol. The van der Waals surface area contributed by atoms with E-state index in [0.717, 1.165) is 19.3 Å². The van der Waals surface area contributed by atoms with Crippen LogP contribution in [0.3, 0.4) is 0 Å². The van der Waals surface area contributed by atoms with Crippen molar-refractivity contribution in [2.24, 2.45) is 0 Å². The van der Waals surface area contributed by atoms with Crippen molar-refractivity contribution in [2.45, 2.75) is 25.3 Å². The molecule has 4 rings (SSSR count). The van der Waals surface area contributed by atoms with Gasteiger partial charge in [0, 0.05) is 24.6 Å². The number of fused-ring (bicyclic) bond motifs is 1. The average molecular weight is 416 g/mol. The van der Waals surface area contributed by atoms with E-state index in [2.05, 4.69) is 16.0 Å². The SMILES string of the molecule is O=C(CNc1cc2c(cc1Cl)OCCCO2)Nc1ccccc1C(=O)NC1CC1. The van der Waals surface area contributed by atoms with Crippen LogP contribution in [-0.2, 0) is 4.79 Å². The second kappa shape index (κ2) is 8.61. The summed E-state index contributed by atoms with van der Waals surface area (Å²) in [4.78, 5) is 24.8. The van der Waals surface area contributed by atoms with Gasteiger partial charge in [0.1, 0.15) is 0 Å². The third kappa shape index (κ3) is 4.92. The molecule has 1 saturated carbocycles. The maximum absolute atomic E-state index is 12.4. The topological polar surface area (TPSA) is 88.7 Å². The fourth-order valence-electron chi connectivity index (χ4n) is 2.97. The fraction of sp³-hybridized carbons (Fsp3) is 0.333. The lowest BCUT2D eigenvalue weighted by Crippen LogP contribution is -2.28. The first-order valence-electron chi connectivity index (χ1n) is 9.63. The molecule has 0 atom stereocenters. The van der Waals surface area contributed by atoms with Crippen molar-refractivity contribution < 1.29 is 19.1 Å². The Kier molecular flexibility index (Phi) is 5.76. The number of carbonyl (C=O) groups excluding carboxylic acids is 2. The van der Waals surface area contributed by atoms with Crippen LogP contribution in [0, 0.1) is 0 Å². The molecule has 152 valence electrons. The Morgan fingerprint density at radius 3 is 2.52 bits per heavy atom. The van der Waals surface area contributed by atoms with Gasteiger partial charge in [-0.15, -0.1) is 0 Å². The number of amides is 2. The fourth-order valence-corrected chi connectivity index (χ4v) is 3.19. The first kappa shape index (κ1) is 19.4. The Labute approximate surface area is 173 Å². The molecule has 2 amide bonds. The van der Waals surface area contributed by atoms with Crippen LogP contribution >= 0.6 is 11.6 Å². The summed E-state index contributed by atoms with van der Waals surface area (Å²) in [5.41, 5.74) is 1.49. The van der Waals surface area contributed by atoms with E-state index in [-0.39, 0.29) is 24.4 Å². The normalized spacial score (nSPS) is 15.2. The average Bonchev–Trinajstić information content (AvgIpc) is 3.54. The Balaban J connectivity index is 1.39. The number of hydrogen-bond acceptors (Lipinski definition) is 5. The minimum absolute atomic E-state index is 0.0159. The number of halogens is 1. The van der Waals surface area contributed by atoms with E-state index in [4.69, 9.17) is 21.1 Å². The highest BCUT2D eigenvalue weighted by Gasteiger charge is 2.25. The van der Waals surface area contributed by atoms with Crippen molar-refractivity contribution in [3.8, 4) is 11.5 Å².